The third-order valence-electron chi connectivity index (χ3n) is 6.85. The Kier molecular flexibility index (Phi) is 10.4. The number of carbonyl (C=O) groups is 5. The number of nitrogens with two attached hydrogens (primary N) is 2. The van der Waals surface area contributed by atoms with Crippen LogP contribution in [0.3, 0.4) is 0 Å². The fourth-order valence-electron chi connectivity index (χ4n) is 4.80. The van der Waals surface area contributed by atoms with E-state index in [1.165, 1.54) is 4.90 Å². The van der Waals surface area contributed by atoms with Gasteiger partial charge in [0.05, 0.1) is 12.5 Å². The third kappa shape index (κ3) is 7.77. The molecule has 1 saturated heterocycles. The third-order valence-corrected chi connectivity index (χ3v) is 6.85. The summed E-state index contributed by atoms with van der Waals surface area (Å²) >= 11 is 0. The van der Waals surface area contributed by atoms with Gasteiger partial charge in [0.25, 0.3) is 0 Å². The zero-order valence-electron chi connectivity index (χ0n) is 21.6. The number of aromatic amines is 1. The number of likely N-dealkylation sites (tertiary alicyclic amines) is 1. The van der Waals surface area contributed by atoms with E-state index in [1.54, 1.807) is 6.20 Å². The molecule has 4 unspecified atom stereocenters. The van der Waals surface area contributed by atoms with Crippen LogP contribution in [0.2, 0.25) is 0 Å². The molecule has 1 fully saturated rings. The number of aromatic nitrogens is 1. The fourth-order valence-corrected chi connectivity index (χ4v) is 4.80. The predicted octanol–water partition coefficient (Wildman–Crippen LogP) is -0.313. The highest BCUT2D eigenvalue weighted by Gasteiger charge is 2.38. The van der Waals surface area contributed by atoms with E-state index in [0.29, 0.717) is 37.8 Å². The van der Waals surface area contributed by atoms with E-state index in [0.717, 1.165) is 10.9 Å². The van der Waals surface area contributed by atoms with Gasteiger partial charge in [-0.3, -0.25) is 19.2 Å². The summed E-state index contributed by atoms with van der Waals surface area (Å²) in [6.07, 6.45) is 3.32. The largest absolute Gasteiger partial charge is 0.481 e. The highest BCUT2D eigenvalue weighted by molar-refractivity contribution is 5.95. The van der Waals surface area contributed by atoms with Crippen LogP contribution in [-0.2, 0) is 30.4 Å². The normalized spacial score (nSPS) is 17.4. The van der Waals surface area contributed by atoms with E-state index in [2.05, 4.69) is 15.6 Å². The lowest BCUT2D eigenvalue weighted by atomic mass is 10.0. The lowest BCUT2D eigenvalue weighted by Gasteiger charge is -2.29. The van der Waals surface area contributed by atoms with Gasteiger partial charge in [0.1, 0.15) is 18.1 Å². The number of rotatable bonds is 14. The molecule has 1 aliphatic heterocycles. The number of aliphatic carboxylic acids is 2. The molecule has 4 atom stereocenters. The summed E-state index contributed by atoms with van der Waals surface area (Å²) in [6, 6.07) is 2.82. The first kappa shape index (κ1) is 29.6. The molecule has 212 valence electrons. The van der Waals surface area contributed by atoms with Crippen molar-refractivity contribution in [2.24, 2.45) is 11.5 Å². The van der Waals surface area contributed by atoms with Crippen molar-refractivity contribution in [3.63, 3.8) is 0 Å². The number of unbranched alkanes of at least 4 members (excludes halogenated alkanes) is 1. The van der Waals surface area contributed by atoms with Gasteiger partial charge in [0.15, 0.2) is 0 Å². The van der Waals surface area contributed by atoms with Crippen molar-refractivity contribution in [2.75, 3.05) is 13.1 Å². The summed E-state index contributed by atoms with van der Waals surface area (Å²) in [4.78, 5) is 66.8. The molecule has 1 aromatic heterocycles. The minimum absolute atomic E-state index is 0.0343. The summed E-state index contributed by atoms with van der Waals surface area (Å²) in [5, 5.41) is 24.6. The van der Waals surface area contributed by atoms with Crippen molar-refractivity contribution < 1.29 is 34.2 Å². The topological polar surface area (TPSA) is 221 Å². The molecule has 0 bridgehead atoms. The van der Waals surface area contributed by atoms with Gasteiger partial charge in [0.2, 0.25) is 17.7 Å². The Balaban J connectivity index is 1.84. The van der Waals surface area contributed by atoms with Gasteiger partial charge in [-0.05, 0) is 50.3 Å². The maximum atomic E-state index is 13.6. The zero-order valence-corrected chi connectivity index (χ0v) is 21.6. The maximum absolute atomic E-state index is 13.6. The van der Waals surface area contributed by atoms with Crippen molar-refractivity contribution in [3.8, 4) is 0 Å². The number of nitrogens with one attached hydrogen (secondary N) is 3. The van der Waals surface area contributed by atoms with Crippen LogP contribution < -0.4 is 22.1 Å². The second-order valence-electron chi connectivity index (χ2n) is 9.70. The van der Waals surface area contributed by atoms with Crippen LogP contribution in [0.1, 0.15) is 44.1 Å². The van der Waals surface area contributed by atoms with Gasteiger partial charge >= 0.3 is 11.9 Å². The molecule has 13 nitrogen and oxygen atoms in total. The molecule has 2 heterocycles. The minimum atomic E-state index is -1.39. The molecule has 3 rings (SSSR count). The zero-order chi connectivity index (χ0) is 28.5. The SMILES string of the molecule is NCCCCC(NC(=O)C(Cc1c[nH]c2ccccc12)NC(=O)C(N)CC(=O)O)C(=O)N1CCCC1C(=O)O. The summed E-state index contributed by atoms with van der Waals surface area (Å²) in [5.74, 6) is -4.38. The Morgan fingerprint density at radius 2 is 1.77 bits per heavy atom. The van der Waals surface area contributed by atoms with E-state index in [9.17, 15) is 29.1 Å². The molecule has 0 spiro atoms. The Morgan fingerprint density at radius 1 is 1.05 bits per heavy atom. The number of benzene rings is 1. The monoisotopic (exact) mass is 544 g/mol. The van der Waals surface area contributed by atoms with Gasteiger partial charge in [-0.25, -0.2) is 4.79 Å². The van der Waals surface area contributed by atoms with Gasteiger partial charge in [-0.15, -0.1) is 0 Å². The number of nitrogens with zero attached hydrogens (tertiary/aromatic N) is 1. The summed E-state index contributed by atoms with van der Waals surface area (Å²) in [5.41, 5.74) is 12.9. The molecular weight excluding hydrogens is 508 g/mol. The Labute approximate surface area is 225 Å². The molecule has 13 heteroatoms. The first-order valence-electron chi connectivity index (χ1n) is 13.0. The predicted molar refractivity (Wildman–Crippen MR) is 141 cm³/mol. The number of carboxylic acid groups (broad SMARTS) is 2. The van der Waals surface area contributed by atoms with E-state index in [-0.39, 0.29) is 19.4 Å². The van der Waals surface area contributed by atoms with Gasteiger partial charge in [-0.2, -0.15) is 0 Å². The lowest BCUT2D eigenvalue weighted by Crippen LogP contribution is -2.57. The first-order chi connectivity index (χ1) is 18.6. The maximum Gasteiger partial charge on any atom is 0.326 e. The number of carbonyl (C=O) groups excluding carboxylic acids is 3. The number of hydrogen-bond donors (Lipinski definition) is 7. The van der Waals surface area contributed by atoms with Crippen LogP contribution in [0.15, 0.2) is 30.5 Å². The van der Waals surface area contributed by atoms with Crippen molar-refractivity contribution in [1.82, 2.24) is 20.5 Å². The summed E-state index contributed by atoms with van der Waals surface area (Å²) in [6.45, 7) is 0.648. The van der Waals surface area contributed by atoms with Crippen LogP contribution in [0.5, 0.6) is 0 Å². The molecular formula is C26H36N6O7. The summed E-state index contributed by atoms with van der Waals surface area (Å²) < 4.78 is 0. The standard InChI is InChI=1S/C26H36N6O7/c27-10-4-3-8-19(25(37)32-11-5-9-21(32)26(38)39)30-24(36)20(31-23(35)17(28)13-22(33)34)12-15-14-29-18-7-2-1-6-16(15)18/h1-2,6-7,14,17,19-21,29H,3-5,8-13,27-28H2,(H,30,36)(H,31,35)(H,33,34)(H,38,39). The number of hydrogen-bond acceptors (Lipinski definition) is 7. The average Bonchev–Trinajstić information content (AvgIpc) is 3.55. The van der Waals surface area contributed by atoms with Crippen LogP contribution in [0.25, 0.3) is 10.9 Å². The smallest absolute Gasteiger partial charge is 0.326 e. The summed E-state index contributed by atoms with van der Waals surface area (Å²) in [7, 11) is 0. The molecule has 9 N–H and O–H groups in total. The van der Waals surface area contributed by atoms with E-state index in [1.807, 2.05) is 24.3 Å². The minimum Gasteiger partial charge on any atom is -0.481 e. The Hall–Kier alpha value is -3.97. The number of para-hydroxylation sites is 1. The Morgan fingerprint density at radius 3 is 2.46 bits per heavy atom. The first-order valence-corrected chi connectivity index (χ1v) is 13.0. The quantitative estimate of drug-likeness (QED) is 0.155. The van der Waals surface area contributed by atoms with Crippen LogP contribution in [0.4, 0.5) is 0 Å². The van der Waals surface area contributed by atoms with Gasteiger partial charge in [-0.1, -0.05) is 18.2 Å². The second kappa shape index (κ2) is 13.7. The van der Waals surface area contributed by atoms with E-state index < -0.39 is 60.2 Å². The molecule has 2 aromatic rings. The molecule has 1 aliphatic rings. The second-order valence-corrected chi connectivity index (χ2v) is 9.70. The number of carboxylic acids is 2. The van der Waals surface area contributed by atoms with Crippen molar-refractivity contribution >= 4 is 40.6 Å². The molecule has 0 saturated carbocycles. The number of H-pyrrole nitrogens is 1. The highest BCUT2D eigenvalue weighted by Crippen LogP contribution is 2.21. The van der Waals surface area contributed by atoms with Crippen LogP contribution in [0, 0.1) is 0 Å². The lowest BCUT2D eigenvalue weighted by molar-refractivity contribution is -0.149. The molecule has 39 heavy (non-hydrogen) atoms. The number of fused-ring (bicyclic) bond motifs is 1. The van der Waals surface area contributed by atoms with Crippen molar-refractivity contribution in [1.29, 1.82) is 0 Å². The molecule has 0 aliphatic carbocycles. The van der Waals surface area contributed by atoms with Gasteiger partial charge < -0.3 is 42.2 Å². The van der Waals surface area contributed by atoms with Gasteiger partial charge in [0, 0.05) is 30.1 Å². The Bertz CT molecular complexity index is 1200. The fraction of sp³-hybridized carbons (Fsp3) is 0.500. The van der Waals surface area contributed by atoms with Crippen molar-refractivity contribution in [2.45, 2.75) is 69.1 Å². The average molecular weight is 545 g/mol. The van der Waals surface area contributed by atoms with Crippen LogP contribution in [-0.4, -0.2) is 87.0 Å². The molecule has 0 radical (unpaired) electrons. The van der Waals surface area contributed by atoms with E-state index >= 15 is 0 Å². The molecule has 1 aromatic carbocycles. The van der Waals surface area contributed by atoms with E-state index in [4.69, 9.17) is 16.6 Å². The number of amides is 3. The van der Waals surface area contributed by atoms with Crippen molar-refractivity contribution in [3.05, 3.63) is 36.0 Å². The highest BCUT2D eigenvalue weighted by atomic mass is 16.4. The molecule has 3 amide bonds. The van der Waals surface area contributed by atoms with Crippen LogP contribution >= 0.6 is 0 Å².